The van der Waals surface area contributed by atoms with Gasteiger partial charge in [-0.2, -0.15) is 0 Å². The summed E-state index contributed by atoms with van der Waals surface area (Å²) in [6, 6.07) is 8.84. The molecule has 1 aromatic carbocycles. The Labute approximate surface area is 129 Å². The third-order valence-electron chi connectivity index (χ3n) is 2.83. The van der Waals surface area contributed by atoms with Crippen LogP contribution in [0, 0.1) is 0 Å². The van der Waals surface area contributed by atoms with E-state index in [1.54, 1.807) is 31.4 Å². The first kappa shape index (κ1) is 13.6. The summed E-state index contributed by atoms with van der Waals surface area (Å²) in [5, 5.41) is 0. The molecule has 0 spiro atoms. The number of carbonyl (C=O) groups is 1. The van der Waals surface area contributed by atoms with E-state index in [1.165, 1.54) is 12.3 Å². The van der Waals surface area contributed by atoms with Crippen molar-refractivity contribution in [1.82, 2.24) is 0 Å². The van der Waals surface area contributed by atoms with E-state index in [0.717, 1.165) is 4.47 Å². The van der Waals surface area contributed by atoms with Gasteiger partial charge < -0.3 is 13.9 Å². The maximum absolute atomic E-state index is 11.9. The first-order valence-electron chi connectivity index (χ1n) is 6.07. The summed E-state index contributed by atoms with van der Waals surface area (Å²) in [7, 11) is 1.55. The number of benzene rings is 1. The van der Waals surface area contributed by atoms with Crippen molar-refractivity contribution in [1.29, 1.82) is 0 Å². The Morgan fingerprint density at radius 3 is 2.90 bits per heavy atom. The summed E-state index contributed by atoms with van der Waals surface area (Å²) >= 11 is 3.37. The van der Waals surface area contributed by atoms with Crippen molar-refractivity contribution in [2.24, 2.45) is 4.99 Å². The van der Waals surface area contributed by atoms with Crippen LogP contribution in [0.2, 0.25) is 0 Å². The summed E-state index contributed by atoms with van der Waals surface area (Å²) in [5.41, 5.74) is 0.782. The number of carbonyl (C=O) groups excluding carboxylic acids is 1. The third kappa shape index (κ3) is 2.75. The van der Waals surface area contributed by atoms with Crippen LogP contribution in [0.1, 0.15) is 11.3 Å². The largest absolute Gasteiger partial charge is 0.496 e. The first-order chi connectivity index (χ1) is 10.2. The Kier molecular flexibility index (Phi) is 3.62. The van der Waals surface area contributed by atoms with Crippen molar-refractivity contribution in [3.63, 3.8) is 0 Å². The minimum Gasteiger partial charge on any atom is -0.496 e. The number of halogens is 1. The number of esters is 1. The maximum Gasteiger partial charge on any atom is 0.363 e. The standard InChI is InChI=1S/C15H10BrNO4/c1-19-13-5-4-9(16)7-11(13)14-17-12(15(18)21-14)8-10-3-2-6-20-10/h2-8H,1H3/b12-8-. The Bertz CT molecular complexity index is 747. The van der Waals surface area contributed by atoms with Crippen LogP contribution >= 0.6 is 15.9 Å². The van der Waals surface area contributed by atoms with E-state index in [0.29, 0.717) is 17.1 Å². The van der Waals surface area contributed by atoms with E-state index in [1.807, 2.05) is 6.07 Å². The second-order valence-corrected chi connectivity index (χ2v) is 5.11. The number of nitrogens with zero attached hydrogens (tertiary/aromatic N) is 1. The van der Waals surface area contributed by atoms with Crippen LogP contribution in [0.5, 0.6) is 5.75 Å². The molecular formula is C15H10BrNO4. The summed E-state index contributed by atoms with van der Waals surface area (Å²) in [4.78, 5) is 16.1. The second kappa shape index (κ2) is 5.57. The molecule has 0 N–H and O–H groups in total. The highest BCUT2D eigenvalue weighted by Gasteiger charge is 2.26. The summed E-state index contributed by atoms with van der Waals surface area (Å²) in [6.45, 7) is 0. The lowest BCUT2D eigenvalue weighted by Crippen LogP contribution is -2.07. The van der Waals surface area contributed by atoms with Gasteiger partial charge in [-0.25, -0.2) is 9.79 Å². The van der Waals surface area contributed by atoms with Crippen molar-refractivity contribution >= 4 is 33.9 Å². The fourth-order valence-electron chi connectivity index (χ4n) is 1.88. The fourth-order valence-corrected chi connectivity index (χ4v) is 2.24. The first-order valence-corrected chi connectivity index (χ1v) is 6.86. The number of hydrogen-bond donors (Lipinski definition) is 0. The van der Waals surface area contributed by atoms with Gasteiger partial charge in [0.05, 0.1) is 18.9 Å². The maximum atomic E-state index is 11.9. The quantitative estimate of drug-likeness (QED) is 0.630. The van der Waals surface area contributed by atoms with Gasteiger partial charge >= 0.3 is 5.97 Å². The van der Waals surface area contributed by atoms with Crippen LogP contribution in [0.15, 0.2) is 56.2 Å². The molecule has 0 unspecified atom stereocenters. The van der Waals surface area contributed by atoms with Gasteiger partial charge in [-0.1, -0.05) is 15.9 Å². The molecule has 0 aliphatic carbocycles. The molecule has 2 aromatic rings. The molecule has 0 amide bonds. The number of hydrogen-bond acceptors (Lipinski definition) is 5. The number of aliphatic imine (C=N–C) groups is 1. The zero-order valence-corrected chi connectivity index (χ0v) is 12.6. The van der Waals surface area contributed by atoms with Crippen molar-refractivity contribution in [2.75, 3.05) is 7.11 Å². The molecule has 1 aliphatic heterocycles. The number of methoxy groups -OCH3 is 1. The molecule has 21 heavy (non-hydrogen) atoms. The Hall–Kier alpha value is -2.34. The van der Waals surface area contributed by atoms with Crippen molar-refractivity contribution in [3.05, 3.63) is 58.1 Å². The number of ether oxygens (including phenoxy) is 2. The minimum absolute atomic E-state index is 0.182. The number of rotatable bonds is 3. The van der Waals surface area contributed by atoms with Crippen molar-refractivity contribution < 1.29 is 18.7 Å². The zero-order chi connectivity index (χ0) is 14.8. The van der Waals surface area contributed by atoms with E-state index in [2.05, 4.69) is 20.9 Å². The second-order valence-electron chi connectivity index (χ2n) is 4.20. The smallest absolute Gasteiger partial charge is 0.363 e. The van der Waals surface area contributed by atoms with Gasteiger partial charge in [-0.15, -0.1) is 0 Å². The molecule has 1 aliphatic rings. The zero-order valence-electron chi connectivity index (χ0n) is 11.0. The van der Waals surface area contributed by atoms with Crippen LogP contribution in [-0.2, 0) is 9.53 Å². The fraction of sp³-hybridized carbons (Fsp3) is 0.0667. The highest BCUT2D eigenvalue weighted by molar-refractivity contribution is 9.10. The molecule has 2 heterocycles. The van der Waals surface area contributed by atoms with E-state index < -0.39 is 5.97 Å². The normalized spacial score (nSPS) is 16.0. The summed E-state index contributed by atoms with van der Waals surface area (Å²) < 4.78 is 16.5. The van der Waals surface area contributed by atoms with Gasteiger partial charge in [0.15, 0.2) is 5.70 Å². The van der Waals surface area contributed by atoms with Crippen molar-refractivity contribution in [3.8, 4) is 5.75 Å². The molecule has 6 heteroatoms. The molecular weight excluding hydrogens is 338 g/mol. The van der Waals surface area contributed by atoms with E-state index in [4.69, 9.17) is 13.9 Å². The Morgan fingerprint density at radius 1 is 1.33 bits per heavy atom. The average molecular weight is 348 g/mol. The molecule has 106 valence electrons. The monoisotopic (exact) mass is 347 g/mol. The molecule has 0 bridgehead atoms. The predicted molar refractivity (Wildman–Crippen MR) is 80.0 cm³/mol. The molecule has 5 nitrogen and oxygen atoms in total. The van der Waals surface area contributed by atoms with E-state index >= 15 is 0 Å². The molecule has 1 aromatic heterocycles. The van der Waals surface area contributed by atoms with Crippen molar-refractivity contribution in [2.45, 2.75) is 0 Å². The predicted octanol–water partition coefficient (Wildman–Crippen LogP) is 3.40. The molecule has 0 saturated heterocycles. The Balaban J connectivity index is 2.01. The van der Waals surface area contributed by atoms with Gasteiger partial charge in [0.2, 0.25) is 5.90 Å². The third-order valence-corrected chi connectivity index (χ3v) is 3.33. The minimum atomic E-state index is -0.525. The Morgan fingerprint density at radius 2 is 2.19 bits per heavy atom. The van der Waals surface area contributed by atoms with E-state index in [9.17, 15) is 4.79 Å². The van der Waals surface area contributed by atoms with Crippen LogP contribution < -0.4 is 4.74 Å². The molecule has 0 fully saturated rings. The van der Waals surface area contributed by atoms with Gasteiger partial charge in [0, 0.05) is 10.5 Å². The molecule has 0 saturated carbocycles. The lowest BCUT2D eigenvalue weighted by atomic mass is 10.2. The number of furan rings is 1. The van der Waals surface area contributed by atoms with Gasteiger partial charge in [0.1, 0.15) is 11.5 Å². The highest BCUT2D eigenvalue weighted by atomic mass is 79.9. The summed E-state index contributed by atoms with van der Waals surface area (Å²) in [5.74, 6) is 0.788. The number of cyclic esters (lactones) is 1. The van der Waals surface area contributed by atoms with Crippen LogP contribution in [-0.4, -0.2) is 19.0 Å². The summed E-state index contributed by atoms with van der Waals surface area (Å²) in [6.07, 6.45) is 3.05. The molecule has 0 atom stereocenters. The highest BCUT2D eigenvalue weighted by Crippen LogP contribution is 2.27. The van der Waals surface area contributed by atoms with Gasteiger partial charge in [-0.3, -0.25) is 0 Å². The average Bonchev–Trinajstić information content (AvgIpc) is 3.10. The topological polar surface area (TPSA) is 61.0 Å². The molecule has 0 radical (unpaired) electrons. The van der Waals surface area contributed by atoms with Crippen LogP contribution in [0.4, 0.5) is 0 Å². The SMILES string of the molecule is COc1ccc(Br)cc1C1=N/C(=C\c2ccco2)C(=O)O1. The van der Waals surface area contributed by atoms with Gasteiger partial charge in [-0.05, 0) is 30.3 Å². The lowest BCUT2D eigenvalue weighted by molar-refractivity contribution is -0.129. The lowest BCUT2D eigenvalue weighted by Gasteiger charge is -2.07. The van der Waals surface area contributed by atoms with Gasteiger partial charge in [0.25, 0.3) is 0 Å². The van der Waals surface area contributed by atoms with Crippen LogP contribution in [0.3, 0.4) is 0 Å². The molecule has 3 rings (SSSR count). The van der Waals surface area contributed by atoms with E-state index in [-0.39, 0.29) is 11.6 Å². The van der Waals surface area contributed by atoms with Crippen LogP contribution in [0.25, 0.3) is 6.08 Å².